The molecule has 2 rings (SSSR count). The van der Waals surface area contributed by atoms with Gasteiger partial charge in [0, 0.05) is 45.3 Å². The Labute approximate surface area is 159 Å². The van der Waals surface area contributed by atoms with Gasteiger partial charge in [-0.25, -0.2) is 8.42 Å². The zero-order valence-corrected chi connectivity index (χ0v) is 17.0. The first-order valence-corrected chi connectivity index (χ1v) is 11.2. The van der Waals surface area contributed by atoms with Gasteiger partial charge in [0.1, 0.15) is 6.04 Å². The van der Waals surface area contributed by atoms with Crippen LogP contribution in [0.1, 0.15) is 26.7 Å². The summed E-state index contributed by atoms with van der Waals surface area (Å²) in [5.74, 6) is 0.636. The van der Waals surface area contributed by atoms with Crippen LogP contribution in [-0.4, -0.2) is 98.8 Å². The lowest BCUT2D eigenvalue weighted by molar-refractivity contribution is -0.181. The van der Waals surface area contributed by atoms with Crippen molar-refractivity contribution in [3.63, 3.8) is 0 Å². The molecule has 0 radical (unpaired) electrons. The van der Waals surface area contributed by atoms with Crippen molar-refractivity contribution >= 4 is 16.0 Å². The maximum atomic E-state index is 12.9. The number of nitrogens with zero attached hydrogens (tertiary/aromatic N) is 4. The van der Waals surface area contributed by atoms with Crippen LogP contribution >= 0.6 is 0 Å². The van der Waals surface area contributed by atoms with Gasteiger partial charge in [0.05, 0.1) is 12.8 Å². The number of piperazine rings is 1. The molecule has 0 aromatic carbocycles. The van der Waals surface area contributed by atoms with E-state index in [4.69, 9.17) is 0 Å². The molecular weight excluding hydrogens is 383 g/mol. The van der Waals surface area contributed by atoms with Crippen molar-refractivity contribution in [2.75, 3.05) is 52.1 Å². The van der Waals surface area contributed by atoms with Gasteiger partial charge in [0.15, 0.2) is 5.96 Å². The first-order chi connectivity index (χ1) is 12.5. The van der Waals surface area contributed by atoms with E-state index in [2.05, 4.69) is 10.3 Å². The maximum absolute atomic E-state index is 12.9. The molecule has 27 heavy (non-hydrogen) atoms. The number of alkyl halides is 3. The molecule has 0 aromatic rings. The Morgan fingerprint density at radius 1 is 1.22 bits per heavy atom. The van der Waals surface area contributed by atoms with Crippen LogP contribution in [0.4, 0.5) is 13.2 Å². The summed E-state index contributed by atoms with van der Waals surface area (Å²) < 4.78 is 63.9. The second-order valence-electron chi connectivity index (χ2n) is 7.10. The molecule has 0 aromatic heterocycles. The fourth-order valence-electron chi connectivity index (χ4n) is 3.57. The molecule has 0 bridgehead atoms. The largest absolute Gasteiger partial charge is 0.403 e. The van der Waals surface area contributed by atoms with Crippen LogP contribution in [0.3, 0.4) is 0 Å². The summed E-state index contributed by atoms with van der Waals surface area (Å²) in [6, 6.07) is -1.61. The fourth-order valence-corrected chi connectivity index (χ4v) is 4.75. The Hall–Kier alpha value is -1.07. The predicted molar refractivity (Wildman–Crippen MR) is 99.2 cm³/mol. The van der Waals surface area contributed by atoms with Crippen LogP contribution in [0, 0.1) is 0 Å². The summed E-state index contributed by atoms with van der Waals surface area (Å²) in [6.45, 7) is 6.15. The van der Waals surface area contributed by atoms with Crippen LogP contribution < -0.4 is 5.32 Å². The van der Waals surface area contributed by atoms with Gasteiger partial charge in [-0.15, -0.1) is 0 Å². The predicted octanol–water partition coefficient (Wildman–Crippen LogP) is 0.944. The summed E-state index contributed by atoms with van der Waals surface area (Å²) in [5, 5.41) is 3.17. The van der Waals surface area contributed by atoms with E-state index in [0.717, 1.165) is 12.8 Å². The minimum absolute atomic E-state index is 0.153. The monoisotopic (exact) mass is 413 g/mol. The van der Waals surface area contributed by atoms with Crippen molar-refractivity contribution in [3.8, 4) is 0 Å². The van der Waals surface area contributed by atoms with E-state index >= 15 is 0 Å². The minimum atomic E-state index is -4.22. The van der Waals surface area contributed by atoms with Gasteiger partial charge in [-0.05, 0) is 26.7 Å². The van der Waals surface area contributed by atoms with E-state index in [0.29, 0.717) is 51.8 Å². The quantitative estimate of drug-likeness (QED) is 0.537. The lowest BCUT2D eigenvalue weighted by Crippen LogP contribution is -2.56. The number of hydrogen-bond donors (Lipinski definition) is 1. The molecule has 158 valence electrons. The van der Waals surface area contributed by atoms with Crippen LogP contribution in [0.2, 0.25) is 0 Å². The number of nitrogens with one attached hydrogen (secondary N) is 1. The van der Waals surface area contributed by atoms with Crippen molar-refractivity contribution in [1.82, 2.24) is 19.4 Å². The Morgan fingerprint density at radius 3 is 2.37 bits per heavy atom. The Morgan fingerprint density at radius 2 is 1.85 bits per heavy atom. The number of rotatable bonds is 5. The molecule has 2 aliphatic rings. The number of halogens is 3. The van der Waals surface area contributed by atoms with Gasteiger partial charge in [-0.3, -0.25) is 9.89 Å². The lowest BCUT2D eigenvalue weighted by atomic mass is 10.2. The molecule has 2 heterocycles. The highest BCUT2D eigenvalue weighted by atomic mass is 32.2. The smallest absolute Gasteiger partial charge is 0.357 e. The molecule has 0 spiro atoms. The molecule has 11 heteroatoms. The molecule has 2 atom stereocenters. The highest BCUT2D eigenvalue weighted by molar-refractivity contribution is 7.88. The molecule has 1 N–H and O–H groups in total. The van der Waals surface area contributed by atoms with Gasteiger partial charge in [-0.1, -0.05) is 0 Å². The molecule has 0 amide bonds. The van der Waals surface area contributed by atoms with Crippen LogP contribution in [0.5, 0.6) is 0 Å². The topological polar surface area (TPSA) is 68.2 Å². The number of sulfonamides is 1. The zero-order chi connectivity index (χ0) is 20.2. The highest BCUT2D eigenvalue weighted by Crippen LogP contribution is 2.25. The second-order valence-corrected chi connectivity index (χ2v) is 9.04. The zero-order valence-electron chi connectivity index (χ0n) is 16.2. The first kappa shape index (κ1) is 22.2. The van der Waals surface area contributed by atoms with Crippen molar-refractivity contribution in [2.24, 2.45) is 4.99 Å². The molecule has 2 saturated heterocycles. The van der Waals surface area contributed by atoms with Crippen LogP contribution in [-0.2, 0) is 10.0 Å². The molecule has 2 aliphatic heterocycles. The van der Waals surface area contributed by atoms with Crippen molar-refractivity contribution < 1.29 is 21.6 Å². The van der Waals surface area contributed by atoms with Crippen molar-refractivity contribution in [1.29, 1.82) is 0 Å². The molecule has 0 aliphatic carbocycles. The summed E-state index contributed by atoms with van der Waals surface area (Å²) in [5.41, 5.74) is 0. The lowest BCUT2D eigenvalue weighted by Gasteiger charge is -2.39. The van der Waals surface area contributed by atoms with Gasteiger partial charge in [0.2, 0.25) is 10.0 Å². The normalized spacial score (nSPS) is 25.0. The summed E-state index contributed by atoms with van der Waals surface area (Å²) >= 11 is 0. The van der Waals surface area contributed by atoms with Gasteiger partial charge in [0.25, 0.3) is 0 Å². The molecule has 7 nitrogen and oxygen atoms in total. The van der Waals surface area contributed by atoms with E-state index in [1.54, 1.807) is 0 Å². The third kappa shape index (κ3) is 5.95. The van der Waals surface area contributed by atoms with Crippen LogP contribution in [0.15, 0.2) is 4.99 Å². The SMILES string of the molecule is CCNC(=NC[C@H]1CCCN1S(C)(=O)=O)N1CCN(C(C)C(F)(F)F)CC1. The third-order valence-corrected chi connectivity index (χ3v) is 6.50. The summed E-state index contributed by atoms with van der Waals surface area (Å²) in [6.07, 6.45) is -1.43. The van der Waals surface area contributed by atoms with Gasteiger partial charge < -0.3 is 10.2 Å². The van der Waals surface area contributed by atoms with E-state index in [1.807, 2.05) is 11.8 Å². The highest BCUT2D eigenvalue weighted by Gasteiger charge is 2.41. The average Bonchev–Trinajstić information content (AvgIpc) is 3.06. The fraction of sp³-hybridized carbons (Fsp3) is 0.938. The Kier molecular flexibility index (Phi) is 7.37. The molecular formula is C16H30F3N5O2S. The second kappa shape index (κ2) is 8.95. The van der Waals surface area contributed by atoms with E-state index in [-0.39, 0.29) is 6.04 Å². The van der Waals surface area contributed by atoms with E-state index in [1.165, 1.54) is 22.4 Å². The molecule has 2 fully saturated rings. The van der Waals surface area contributed by atoms with Gasteiger partial charge >= 0.3 is 6.18 Å². The van der Waals surface area contributed by atoms with Crippen molar-refractivity contribution in [2.45, 2.75) is 44.9 Å². The van der Waals surface area contributed by atoms with E-state index < -0.39 is 22.2 Å². The van der Waals surface area contributed by atoms with E-state index in [9.17, 15) is 21.6 Å². The van der Waals surface area contributed by atoms with Crippen LogP contribution in [0.25, 0.3) is 0 Å². The molecule has 0 saturated carbocycles. The van der Waals surface area contributed by atoms with Crippen molar-refractivity contribution in [3.05, 3.63) is 0 Å². The van der Waals surface area contributed by atoms with Gasteiger partial charge in [-0.2, -0.15) is 17.5 Å². The molecule has 1 unspecified atom stereocenters. The average molecular weight is 414 g/mol. The Balaban J connectivity index is 1.98. The summed E-state index contributed by atoms with van der Waals surface area (Å²) in [7, 11) is -3.25. The standard InChI is InChI=1S/C16H30F3N5O2S/c1-4-20-15(21-12-14-6-5-7-24(14)27(3,25)26)23-10-8-22(9-11-23)13(2)16(17,18)19/h13-14H,4-12H2,1-3H3,(H,20,21)/t13?,14-/m1/s1. The maximum Gasteiger partial charge on any atom is 0.403 e. The third-order valence-electron chi connectivity index (χ3n) is 5.17. The minimum Gasteiger partial charge on any atom is -0.357 e. The first-order valence-electron chi connectivity index (χ1n) is 9.35. The Bertz CT molecular complexity index is 618. The summed E-state index contributed by atoms with van der Waals surface area (Å²) in [4.78, 5) is 7.97. The number of guanidine groups is 1. The number of hydrogen-bond acceptors (Lipinski definition) is 4. The number of aliphatic imine (C=N–C) groups is 1.